The Hall–Kier alpha value is -0.780. The van der Waals surface area contributed by atoms with E-state index in [1.54, 1.807) is 28.2 Å². The Morgan fingerprint density at radius 3 is 2.24 bits per heavy atom. The quantitative estimate of drug-likeness (QED) is 0.394. The fourth-order valence-corrected chi connectivity index (χ4v) is 5.20. The smallest absolute Gasteiger partial charge is 0.131 e. The molecule has 0 atom stereocenters. The lowest BCUT2D eigenvalue weighted by Crippen LogP contribution is -1.91. The van der Waals surface area contributed by atoms with Gasteiger partial charge in [-0.1, -0.05) is 59.1 Å². The molecule has 2 aromatic carbocycles. The molecule has 0 amide bonds. The first-order valence-electron chi connectivity index (χ1n) is 7.51. The lowest BCUT2D eigenvalue weighted by molar-refractivity contribution is 0.755. The van der Waals surface area contributed by atoms with E-state index < -0.39 is 0 Å². The van der Waals surface area contributed by atoms with E-state index in [4.69, 9.17) is 34.8 Å². The normalized spacial score (nSPS) is 11.0. The molecule has 1 aromatic heterocycles. The highest BCUT2D eigenvalue weighted by atomic mass is 35.5. The van der Waals surface area contributed by atoms with Gasteiger partial charge < -0.3 is 0 Å². The van der Waals surface area contributed by atoms with Gasteiger partial charge in [0.15, 0.2) is 0 Å². The maximum absolute atomic E-state index is 6.45. The van der Waals surface area contributed by atoms with E-state index in [1.807, 2.05) is 43.4 Å². The number of benzene rings is 2. The third kappa shape index (κ3) is 4.69. The van der Waals surface area contributed by atoms with Gasteiger partial charge in [0.25, 0.3) is 0 Å². The summed E-state index contributed by atoms with van der Waals surface area (Å²) < 4.78 is 1.71. The van der Waals surface area contributed by atoms with Crippen LogP contribution in [0.3, 0.4) is 0 Å². The van der Waals surface area contributed by atoms with Crippen molar-refractivity contribution in [3.8, 4) is 0 Å². The van der Waals surface area contributed by atoms with Gasteiger partial charge in [-0.3, -0.25) is 4.68 Å². The minimum atomic E-state index is 0.651. The van der Waals surface area contributed by atoms with E-state index in [0.29, 0.717) is 21.0 Å². The Morgan fingerprint density at radius 2 is 1.56 bits per heavy atom. The second-order valence-electron chi connectivity index (χ2n) is 5.28. The van der Waals surface area contributed by atoms with E-state index >= 15 is 0 Å². The van der Waals surface area contributed by atoms with Gasteiger partial charge in [-0.05, 0) is 24.3 Å². The summed E-state index contributed by atoms with van der Waals surface area (Å²) in [5.74, 6) is 1.43. The molecule has 25 heavy (non-hydrogen) atoms. The molecule has 3 rings (SSSR count). The van der Waals surface area contributed by atoms with Crippen LogP contribution in [0.5, 0.6) is 0 Å². The summed E-state index contributed by atoms with van der Waals surface area (Å²) in [5.41, 5.74) is 2.01. The van der Waals surface area contributed by atoms with Gasteiger partial charge in [0.2, 0.25) is 0 Å². The van der Waals surface area contributed by atoms with Crippen LogP contribution in [0.2, 0.25) is 15.2 Å². The molecule has 0 saturated heterocycles. The number of aryl methyl sites for hydroxylation is 1. The summed E-state index contributed by atoms with van der Waals surface area (Å²) in [5, 5.41) is 6.52. The summed E-state index contributed by atoms with van der Waals surface area (Å²) in [6.45, 7) is 0. The number of nitrogens with zero attached hydrogens (tertiary/aromatic N) is 2. The van der Waals surface area contributed by atoms with Crippen molar-refractivity contribution < 1.29 is 0 Å². The molecule has 0 N–H and O–H groups in total. The number of hydrogen-bond donors (Lipinski definition) is 0. The standard InChI is InChI=1S/C18H15Cl3N2S2/c1-23-18(21)13(10-25-17-14(19)8-5-9-15(17)20)16(22-23)11-24-12-6-3-2-4-7-12/h2-9H,10-11H2,1H3. The van der Waals surface area contributed by atoms with Crippen LogP contribution in [0, 0.1) is 0 Å². The molecule has 130 valence electrons. The number of rotatable bonds is 6. The predicted octanol–water partition coefficient (Wildman–Crippen LogP) is 6.96. The summed E-state index contributed by atoms with van der Waals surface area (Å²) in [6, 6.07) is 15.8. The van der Waals surface area contributed by atoms with Crippen LogP contribution in [0.4, 0.5) is 0 Å². The molecule has 0 saturated carbocycles. The van der Waals surface area contributed by atoms with Crippen molar-refractivity contribution in [2.75, 3.05) is 0 Å². The van der Waals surface area contributed by atoms with Crippen molar-refractivity contribution >= 4 is 58.3 Å². The molecule has 0 unspecified atom stereocenters. The van der Waals surface area contributed by atoms with Gasteiger partial charge in [-0.25, -0.2) is 0 Å². The minimum Gasteiger partial charge on any atom is -0.256 e. The fourth-order valence-electron chi connectivity index (χ4n) is 2.29. The average Bonchev–Trinajstić information content (AvgIpc) is 2.88. The highest BCUT2D eigenvalue weighted by molar-refractivity contribution is 7.99. The first-order chi connectivity index (χ1) is 12.1. The zero-order chi connectivity index (χ0) is 17.8. The zero-order valence-corrected chi connectivity index (χ0v) is 17.3. The van der Waals surface area contributed by atoms with E-state index in [1.165, 1.54) is 4.90 Å². The molecule has 0 aliphatic rings. The molecule has 0 radical (unpaired) electrons. The van der Waals surface area contributed by atoms with Crippen LogP contribution in [0.15, 0.2) is 58.3 Å². The monoisotopic (exact) mass is 428 g/mol. The Balaban J connectivity index is 1.77. The summed E-state index contributed by atoms with van der Waals surface area (Å²) in [6.07, 6.45) is 0. The zero-order valence-electron chi connectivity index (χ0n) is 13.4. The van der Waals surface area contributed by atoms with Gasteiger partial charge in [-0.2, -0.15) is 5.10 Å². The second-order valence-corrected chi connectivity index (χ2v) is 8.49. The molecular weight excluding hydrogens is 415 g/mol. The van der Waals surface area contributed by atoms with E-state index in [9.17, 15) is 0 Å². The maximum atomic E-state index is 6.45. The molecule has 0 bridgehead atoms. The number of halogens is 3. The Morgan fingerprint density at radius 1 is 0.880 bits per heavy atom. The molecule has 2 nitrogen and oxygen atoms in total. The molecule has 1 heterocycles. The van der Waals surface area contributed by atoms with Crippen molar-refractivity contribution in [3.05, 3.63) is 75.0 Å². The van der Waals surface area contributed by atoms with Crippen molar-refractivity contribution in [2.45, 2.75) is 21.3 Å². The maximum Gasteiger partial charge on any atom is 0.131 e. The molecule has 0 spiro atoms. The number of aromatic nitrogens is 2. The van der Waals surface area contributed by atoms with Gasteiger partial charge >= 0.3 is 0 Å². The van der Waals surface area contributed by atoms with Gasteiger partial charge in [0, 0.05) is 33.9 Å². The largest absolute Gasteiger partial charge is 0.256 e. The topological polar surface area (TPSA) is 17.8 Å². The fraction of sp³-hybridized carbons (Fsp3) is 0.167. The first kappa shape index (κ1) is 19.0. The van der Waals surface area contributed by atoms with Crippen LogP contribution in [-0.2, 0) is 18.6 Å². The third-order valence-electron chi connectivity index (χ3n) is 3.55. The van der Waals surface area contributed by atoms with Crippen molar-refractivity contribution in [3.63, 3.8) is 0 Å². The van der Waals surface area contributed by atoms with E-state index in [-0.39, 0.29) is 0 Å². The summed E-state index contributed by atoms with van der Waals surface area (Å²) in [7, 11) is 1.86. The van der Waals surface area contributed by atoms with Crippen LogP contribution in [-0.4, -0.2) is 9.78 Å². The number of hydrogen-bond acceptors (Lipinski definition) is 3. The Kier molecular flexibility index (Phi) is 6.64. The lowest BCUT2D eigenvalue weighted by Gasteiger charge is -2.07. The minimum absolute atomic E-state index is 0.651. The molecular formula is C18H15Cl3N2S2. The van der Waals surface area contributed by atoms with Crippen LogP contribution >= 0.6 is 58.3 Å². The van der Waals surface area contributed by atoms with Crippen LogP contribution in [0.25, 0.3) is 0 Å². The van der Waals surface area contributed by atoms with Crippen molar-refractivity contribution in [1.82, 2.24) is 9.78 Å². The van der Waals surface area contributed by atoms with Gasteiger partial charge in [0.1, 0.15) is 5.15 Å². The molecule has 0 fully saturated rings. The molecule has 7 heteroatoms. The van der Waals surface area contributed by atoms with E-state index in [0.717, 1.165) is 21.9 Å². The van der Waals surface area contributed by atoms with Gasteiger partial charge in [0.05, 0.1) is 15.7 Å². The molecule has 0 aliphatic heterocycles. The summed E-state index contributed by atoms with van der Waals surface area (Å²) in [4.78, 5) is 2.07. The van der Waals surface area contributed by atoms with E-state index in [2.05, 4.69) is 17.2 Å². The number of thioether (sulfide) groups is 2. The summed E-state index contributed by atoms with van der Waals surface area (Å²) >= 11 is 22.3. The average molecular weight is 430 g/mol. The Bertz CT molecular complexity index is 846. The second kappa shape index (κ2) is 8.74. The molecule has 3 aromatic rings. The predicted molar refractivity (Wildman–Crippen MR) is 110 cm³/mol. The van der Waals surface area contributed by atoms with Crippen molar-refractivity contribution in [1.29, 1.82) is 0 Å². The van der Waals surface area contributed by atoms with Gasteiger partial charge in [-0.15, -0.1) is 23.5 Å². The van der Waals surface area contributed by atoms with Crippen LogP contribution in [0.1, 0.15) is 11.3 Å². The third-order valence-corrected chi connectivity index (χ3v) is 7.06. The first-order valence-corrected chi connectivity index (χ1v) is 10.6. The molecule has 0 aliphatic carbocycles. The highest BCUT2D eigenvalue weighted by Gasteiger charge is 2.16. The Labute approximate surface area is 170 Å². The van der Waals surface area contributed by atoms with Crippen molar-refractivity contribution in [2.24, 2.45) is 7.05 Å². The lowest BCUT2D eigenvalue weighted by atomic mass is 10.3. The highest BCUT2D eigenvalue weighted by Crippen LogP contribution is 2.38. The van der Waals surface area contributed by atoms with Crippen LogP contribution < -0.4 is 0 Å². The SMILES string of the molecule is Cn1nc(CSc2ccccc2)c(CSc2c(Cl)cccc2Cl)c1Cl.